The summed E-state index contributed by atoms with van der Waals surface area (Å²) >= 11 is 0. The predicted octanol–water partition coefficient (Wildman–Crippen LogP) is 0.522. The first-order valence-corrected chi connectivity index (χ1v) is 5.62. The summed E-state index contributed by atoms with van der Waals surface area (Å²) in [5.41, 5.74) is 3.90. The van der Waals surface area contributed by atoms with E-state index in [0.717, 1.165) is 16.9 Å². The zero-order valence-corrected chi connectivity index (χ0v) is 10.4. The van der Waals surface area contributed by atoms with Crippen molar-refractivity contribution in [3.8, 4) is 0 Å². The Bertz CT molecular complexity index is 564. The van der Waals surface area contributed by atoms with Gasteiger partial charge in [0.1, 0.15) is 11.9 Å². The van der Waals surface area contributed by atoms with Crippen LogP contribution in [0.4, 0.5) is 0 Å². The van der Waals surface area contributed by atoms with Crippen LogP contribution in [0.15, 0.2) is 24.3 Å². The van der Waals surface area contributed by atoms with Gasteiger partial charge in [0.15, 0.2) is 0 Å². The van der Waals surface area contributed by atoms with E-state index in [1.54, 1.807) is 7.11 Å². The second-order valence-electron chi connectivity index (χ2n) is 4.00. The molecule has 96 valence electrons. The molecule has 0 aliphatic heterocycles. The van der Waals surface area contributed by atoms with Crippen LogP contribution in [0.25, 0.3) is 11.0 Å². The third kappa shape index (κ3) is 2.07. The molecule has 0 fully saturated rings. The summed E-state index contributed by atoms with van der Waals surface area (Å²) < 4.78 is 6.92. The summed E-state index contributed by atoms with van der Waals surface area (Å²) in [6.45, 7) is 2.09. The monoisotopic (exact) mass is 248 g/mol. The Morgan fingerprint density at radius 1 is 1.56 bits per heavy atom. The largest absolute Gasteiger partial charge is 0.382 e. The quantitative estimate of drug-likeness (QED) is 0.469. The number of hydrazine groups is 1. The maximum atomic E-state index is 11.8. The highest BCUT2D eigenvalue weighted by Gasteiger charge is 2.23. The lowest BCUT2D eigenvalue weighted by Crippen LogP contribution is -2.39. The van der Waals surface area contributed by atoms with E-state index in [2.05, 4.69) is 10.4 Å². The third-order valence-corrected chi connectivity index (χ3v) is 2.85. The minimum absolute atomic E-state index is 0.240. The maximum absolute atomic E-state index is 11.8. The van der Waals surface area contributed by atoms with Crippen LogP contribution >= 0.6 is 0 Å². The van der Waals surface area contributed by atoms with E-state index in [0.29, 0.717) is 0 Å². The number of nitrogens with two attached hydrogens (primary N) is 1. The Balaban J connectivity index is 2.56. The van der Waals surface area contributed by atoms with E-state index < -0.39 is 6.04 Å². The highest BCUT2D eigenvalue weighted by atomic mass is 16.5. The second kappa shape index (κ2) is 5.16. The van der Waals surface area contributed by atoms with E-state index in [1.165, 1.54) is 0 Å². The van der Waals surface area contributed by atoms with Crippen molar-refractivity contribution in [2.24, 2.45) is 5.84 Å². The summed E-state index contributed by atoms with van der Waals surface area (Å²) in [6, 6.07) is 7.12. The first-order chi connectivity index (χ1) is 8.69. The van der Waals surface area contributed by atoms with Crippen LogP contribution in [0.3, 0.4) is 0 Å². The van der Waals surface area contributed by atoms with Crippen molar-refractivity contribution >= 4 is 16.9 Å². The average molecular weight is 248 g/mol. The van der Waals surface area contributed by atoms with Gasteiger partial charge in [0.25, 0.3) is 5.91 Å². The number of rotatable bonds is 4. The number of aryl methyl sites for hydroxylation is 1. The highest BCUT2D eigenvalue weighted by Crippen LogP contribution is 2.21. The summed E-state index contributed by atoms with van der Waals surface area (Å²) in [7, 11) is 1.55. The van der Waals surface area contributed by atoms with Crippen molar-refractivity contribution in [3.63, 3.8) is 0 Å². The SMILES string of the molecule is COCC(C(=O)NN)n1c(C)nc2ccccc21. The highest BCUT2D eigenvalue weighted by molar-refractivity contribution is 5.84. The maximum Gasteiger partial charge on any atom is 0.259 e. The van der Waals surface area contributed by atoms with Crippen molar-refractivity contribution in [3.05, 3.63) is 30.1 Å². The van der Waals surface area contributed by atoms with Gasteiger partial charge in [-0.3, -0.25) is 10.2 Å². The molecule has 2 rings (SSSR count). The number of amides is 1. The van der Waals surface area contributed by atoms with E-state index in [1.807, 2.05) is 35.8 Å². The smallest absolute Gasteiger partial charge is 0.259 e. The molecule has 1 aromatic heterocycles. The number of carbonyl (C=O) groups is 1. The number of aromatic nitrogens is 2. The van der Waals surface area contributed by atoms with Gasteiger partial charge in [-0.25, -0.2) is 10.8 Å². The van der Waals surface area contributed by atoms with Crippen LogP contribution in [-0.4, -0.2) is 29.2 Å². The zero-order chi connectivity index (χ0) is 13.1. The number of hydrogen-bond acceptors (Lipinski definition) is 4. The fourth-order valence-corrected chi connectivity index (χ4v) is 2.08. The van der Waals surface area contributed by atoms with Gasteiger partial charge in [-0.1, -0.05) is 12.1 Å². The lowest BCUT2D eigenvalue weighted by molar-refractivity contribution is -0.125. The minimum atomic E-state index is -0.521. The Morgan fingerprint density at radius 3 is 2.94 bits per heavy atom. The van der Waals surface area contributed by atoms with Crippen molar-refractivity contribution in [2.45, 2.75) is 13.0 Å². The number of hydrogen-bond donors (Lipinski definition) is 2. The van der Waals surface area contributed by atoms with Gasteiger partial charge in [0.2, 0.25) is 0 Å². The van der Waals surface area contributed by atoms with Crippen molar-refractivity contribution in [1.82, 2.24) is 15.0 Å². The molecular weight excluding hydrogens is 232 g/mol. The number of imidazole rings is 1. The molecule has 0 radical (unpaired) electrons. The number of benzene rings is 1. The van der Waals surface area contributed by atoms with E-state index in [-0.39, 0.29) is 12.5 Å². The fraction of sp³-hybridized carbons (Fsp3) is 0.333. The zero-order valence-electron chi connectivity index (χ0n) is 10.4. The average Bonchev–Trinajstić information content (AvgIpc) is 2.71. The van der Waals surface area contributed by atoms with Gasteiger partial charge >= 0.3 is 0 Å². The molecule has 6 heteroatoms. The van der Waals surface area contributed by atoms with Crippen molar-refractivity contribution < 1.29 is 9.53 Å². The Hall–Kier alpha value is -1.92. The van der Waals surface area contributed by atoms with E-state index in [9.17, 15) is 4.79 Å². The number of para-hydroxylation sites is 2. The molecule has 2 aromatic rings. The standard InChI is InChI=1S/C12H16N4O2/c1-8-14-9-5-3-4-6-10(9)16(8)11(7-18-2)12(17)15-13/h3-6,11H,7,13H2,1-2H3,(H,15,17). The van der Waals surface area contributed by atoms with Gasteiger partial charge in [0, 0.05) is 7.11 Å². The van der Waals surface area contributed by atoms with Crippen molar-refractivity contribution in [1.29, 1.82) is 0 Å². The molecular formula is C12H16N4O2. The van der Waals surface area contributed by atoms with Crippen LogP contribution in [0.5, 0.6) is 0 Å². The van der Waals surface area contributed by atoms with Gasteiger partial charge in [-0.15, -0.1) is 0 Å². The molecule has 1 unspecified atom stereocenters. The number of nitrogens with zero attached hydrogens (tertiary/aromatic N) is 2. The molecule has 6 nitrogen and oxygen atoms in total. The van der Waals surface area contributed by atoms with Crippen LogP contribution in [-0.2, 0) is 9.53 Å². The molecule has 0 saturated carbocycles. The molecule has 1 aromatic carbocycles. The molecule has 0 aliphatic rings. The lowest BCUT2D eigenvalue weighted by atomic mass is 10.2. The molecule has 1 atom stereocenters. The number of ether oxygens (including phenoxy) is 1. The summed E-state index contributed by atoms with van der Waals surface area (Å²) in [4.78, 5) is 16.3. The Labute approximate surface area is 105 Å². The van der Waals surface area contributed by atoms with Crippen LogP contribution in [0.1, 0.15) is 11.9 Å². The van der Waals surface area contributed by atoms with Gasteiger partial charge < -0.3 is 9.30 Å². The Kier molecular flexibility index (Phi) is 3.59. The van der Waals surface area contributed by atoms with Gasteiger partial charge in [-0.05, 0) is 19.1 Å². The molecule has 18 heavy (non-hydrogen) atoms. The number of methoxy groups -OCH3 is 1. The fourth-order valence-electron chi connectivity index (χ4n) is 2.08. The third-order valence-electron chi connectivity index (χ3n) is 2.85. The van der Waals surface area contributed by atoms with Crippen LogP contribution in [0, 0.1) is 6.92 Å². The number of carbonyl (C=O) groups excluding carboxylic acids is 1. The molecule has 0 aliphatic carbocycles. The van der Waals surface area contributed by atoms with Crippen LogP contribution < -0.4 is 11.3 Å². The molecule has 1 amide bonds. The molecule has 1 heterocycles. The molecule has 0 bridgehead atoms. The molecule has 3 N–H and O–H groups in total. The first kappa shape index (κ1) is 12.5. The van der Waals surface area contributed by atoms with E-state index >= 15 is 0 Å². The summed E-state index contributed by atoms with van der Waals surface area (Å²) in [5.74, 6) is 5.66. The predicted molar refractivity (Wildman–Crippen MR) is 67.7 cm³/mol. The minimum Gasteiger partial charge on any atom is -0.382 e. The van der Waals surface area contributed by atoms with Crippen LogP contribution in [0.2, 0.25) is 0 Å². The number of nitrogens with one attached hydrogen (secondary N) is 1. The lowest BCUT2D eigenvalue weighted by Gasteiger charge is -2.18. The first-order valence-electron chi connectivity index (χ1n) is 5.62. The van der Waals surface area contributed by atoms with Crippen molar-refractivity contribution in [2.75, 3.05) is 13.7 Å². The van der Waals surface area contributed by atoms with Gasteiger partial charge in [0.05, 0.1) is 17.6 Å². The second-order valence-corrected chi connectivity index (χ2v) is 4.00. The number of fused-ring (bicyclic) bond motifs is 1. The summed E-state index contributed by atoms with van der Waals surface area (Å²) in [5, 5.41) is 0. The Morgan fingerprint density at radius 2 is 2.28 bits per heavy atom. The summed E-state index contributed by atoms with van der Waals surface area (Å²) in [6.07, 6.45) is 0. The molecule has 0 spiro atoms. The normalized spacial score (nSPS) is 12.6. The van der Waals surface area contributed by atoms with E-state index in [4.69, 9.17) is 10.6 Å². The van der Waals surface area contributed by atoms with Gasteiger partial charge in [-0.2, -0.15) is 0 Å². The molecule has 0 saturated heterocycles. The topological polar surface area (TPSA) is 82.2 Å².